The predicted octanol–water partition coefficient (Wildman–Crippen LogP) is 0.398. The van der Waals surface area contributed by atoms with Crippen LogP contribution in [0.25, 0.3) is 0 Å². The summed E-state index contributed by atoms with van der Waals surface area (Å²) >= 11 is 0. The molecule has 0 aliphatic heterocycles. The first-order valence-corrected chi connectivity index (χ1v) is 4.54. The first-order chi connectivity index (χ1) is 6.20. The van der Waals surface area contributed by atoms with E-state index in [2.05, 4.69) is 5.10 Å². The molecule has 4 nitrogen and oxygen atoms in total. The van der Waals surface area contributed by atoms with Crippen LogP contribution in [-0.4, -0.2) is 15.7 Å². The molecule has 0 radical (unpaired) electrons. The number of nitrogens with zero attached hydrogens (tertiary/aromatic N) is 2. The summed E-state index contributed by atoms with van der Waals surface area (Å²) in [5.41, 5.74) is 7.96. The van der Waals surface area contributed by atoms with E-state index in [9.17, 15) is 4.79 Å². The second-order valence-corrected chi connectivity index (χ2v) is 3.47. The Labute approximate surface area is 76.7 Å². The molecule has 0 spiro atoms. The number of hydrogen-bond donors (Lipinski definition) is 1. The van der Waals surface area contributed by atoms with Gasteiger partial charge in [-0.25, -0.2) is 0 Å². The van der Waals surface area contributed by atoms with E-state index in [1.807, 2.05) is 7.05 Å². The number of carbonyl (C=O) groups is 1. The number of aryl methyl sites for hydroxylation is 1. The number of fused-ring (bicyclic) bond motifs is 1. The van der Waals surface area contributed by atoms with E-state index in [0.717, 1.165) is 24.8 Å². The van der Waals surface area contributed by atoms with Gasteiger partial charge in [0, 0.05) is 18.3 Å². The van der Waals surface area contributed by atoms with Crippen molar-refractivity contribution in [1.29, 1.82) is 0 Å². The number of nitrogens with two attached hydrogens (primary N) is 1. The van der Waals surface area contributed by atoms with E-state index in [-0.39, 0.29) is 0 Å². The monoisotopic (exact) mass is 179 g/mol. The molecule has 2 rings (SSSR count). The Morgan fingerprint density at radius 3 is 2.85 bits per heavy atom. The van der Waals surface area contributed by atoms with Gasteiger partial charge >= 0.3 is 0 Å². The van der Waals surface area contributed by atoms with Gasteiger partial charge in [0.2, 0.25) is 0 Å². The molecule has 1 heterocycles. The topological polar surface area (TPSA) is 60.9 Å². The lowest BCUT2D eigenvalue weighted by Gasteiger charge is -2.11. The summed E-state index contributed by atoms with van der Waals surface area (Å²) < 4.78 is 1.79. The number of amides is 1. The molecule has 0 aromatic carbocycles. The fourth-order valence-electron chi connectivity index (χ4n) is 1.97. The standard InChI is InChI=1S/C9H13N3O/c1-12-7-5-3-2-4-6(7)8(11-12)9(10)13/h2-5H2,1H3,(H2,10,13). The van der Waals surface area contributed by atoms with Gasteiger partial charge in [0.25, 0.3) is 5.91 Å². The maximum absolute atomic E-state index is 11.0. The number of aromatic nitrogens is 2. The van der Waals surface area contributed by atoms with Gasteiger partial charge in [-0.2, -0.15) is 5.10 Å². The molecule has 1 aromatic rings. The van der Waals surface area contributed by atoms with Crippen LogP contribution in [0.2, 0.25) is 0 Å². The normalized spacial score (nSPS) is 15.5. The molecule has 0 fully saturated rings. The maximum Gasteiger partial charge on any atom is 0.269 e. The molecule has 0 saturated carbocycles. The highest BCUT2D eigenvalue weighted by Crippen LogP contribution is 2.23. The Morgan fingerprint density at radius 1 is 1.46 bits per heavy atom. The van der Waals surface area contributed by atoms with Crippen LogP contribution in [0.15, 0.2) is 0 Å². The fourth-order valence-corrected chi connectivity index (χ4v) is 1.97. The van der Waals surface area contributed by atoms with Gasteiger partial charge in [-0.1, -0.05) is 0 Å². The molecule has 0 atom stereocenters. The average molecular weight is 179 g/mol. The Bertz CT molecular complexity index is 354. The fraction of sp³-hybridized carbons (Fsp3) is 0.556. The van der Waals surface area contributed by atoms with E-state index in [1.165, 1.54) is 12.1 Å². The zero-order valence-electron chi connectivity index (χ0n) is 7.71. The number of rotatable bonds is 1. The Morgan fingerprint density at radius 2 is 2.15 bits per heavy atom. The summed E-state index contributed by atoms with van der Waals surface area (Å²) in [5, 5.41) is 4.13. The van der Waals surface area contributed by atoms with Crippen molar-refractivity contribution in [2.45, 2.75) is 25.7 Å². The van der Waals surface area contributed by atoms with Crippen LogP contribution in [0.5, 0.6) is 0 Å². The predicted molar refractivity (Wildman–Crippen MR) is 48.4 cm³/mol. The molecule has 2 N–H and O–H groups in total. The quantitative estimate of drug-likeness (QED) is 0.678. The second-order valence-electron chi connectivity index (χ2n) is 3.47. The first-order valence-electron chi connectivity index (χ1n) is 4.54. The third kappa shape index (κ3) is 1.22. The minimum Gasteiger partial charge on any atom is -0.364 e. The summed E-state index contributed by atoms with van der Waals surface area (Å²) in [4.78, 5) is 11.0. The molecular weight excluding hydrogens is 166 g/mol. The number of primary amides is 1. The minimum absolute atomic E-state index is 0.404. The molecule has 4 heteroatoms. The van der Waals surface area contributed by atoms with Crippen molar-refractivity contribution in [2.24, 2.45) is 12.8 Å². The highest BCUT2D eigenvalue weighted by atomic mass is 16.1. The number of carbonyl (C=O) groups excluding carboxylic acids is 1. The van der Waals surface area contributed by atoms with Crippen LogP contribution in [-0.2, 0) is 19.9 Å². The highest BCUT2D eigenvalue weighted by molar-refractivity contribution is 5.92. The van der Waals surface area contributed by atoms with E-state index in [4.69, 9.17) is 5.73 Å². The third-order valence-corrected chi connectivity index (χ3v) is 2.60. The van der Waals surface area contributed by atoms with Crippen LogP contribution in [0, 0.1) is 0 Å². The van der Waals surface area contributed by atoms with E-state index >= 15 is 0 Å². The summed E-state index contributed by atoms with van der Waals surface area (Å²) in [6.07, 6.45) is 4.29. The highest BCUT2D eigenvalue weighted by Gasteiger charge is 2.21. The van der Waals surface area contributed by atoms with Crippen molar-refractivity contribution in [3.63, 3.8) is 0 Å². The Hall–Kier alpha value is -1.32. The lowest BCUT2D eigenvalue weighted by molar-refractivity contribution is 0.0994. The van der Waals surface area contributed by atoms with Crippen molar-refractivity contribution < 1.29 is 4.79 Å². The average Bonchev–Trinajstić information content (AvgIpc) is 2.45. The van der Waals surface area contributed by atoms with Gasteiger partial charge in [0.1, 0.15) is 0 Å². The van der Waals surface area contributed by atoms with Crippen LogP contribution >= 0.6 is 0 Å². The SMILES string of the molecule is Cn1nc(C(N)=O)c2c1CCCC2. The van der Waals surface area contributed by atoms with Crippen molar-refractivity contribution in [3.8, 4) is 0 Å². The van der Waals surface area contributed by atoms with Crippen LogP contribution in [0.4, 0.5) is 0 Å². The molecule has 0 bridgehead atoms. The lowest BCUT2D eigenvalue weighted by atomic mass is 9.95. The van der Waals surface area contributed by atoms with Crippen LogP contribution in [0.3, 0.4) is 0 Å². The molecule has 13 heavy (non-hydrogen) atoms. The molecule has 0 saturated heterocycles. The maximum atomic E-state index is 11.0. The van der Waals surface area contributed by atoms with E-state index < -0.39 is 5.91 Å². The zero-order valence-corrected chi connectivity index (χ0v) is 7.71. The van der Waals surface area contributed by atoms with Crippen molar-refractivity contribution in [1.82, 2.24) is 9.78 Å². The molecule has 1 aliphatic carbocycles. The Balaban J connectivity index is 2.53. The molecule has 0 unspecified atom stereocenters. The van der Waals surface area contributed by atoms with Gasteiger partial charge in [-0.05, 0) is 25.7 Å². The molecule has 70 valence electrons. The summed E-state index contributed by atoms with van der Waals surface area (Å²) in [6.45, 7) is 0. The number of hydrogen-bond acceptors (Lipinski definition) is 2. The van der Waals surface area contributed by atoms with Gasteiger partial charge in [0.05, 0.1) is 0 Å². The van der Waals surface area contributed by atoms with E-state index in [0.29, 0.717) is 5.69 Å². The first kappa shape index (κ1) is 8.29. The lowest BCUT2D eigenvalue weighted by Crippen LogP contribution is -2.15. The van der Waals surface area contributed by atoms with E-state index in [1.54, 1.807) is 4.68 Å². The molecular formula is C9H13N3O. The van der Waals surface area contributed by atoms with Crippen LogP contribution in [0.1, 0.15) is 34.6 Å². The second kappa shape index (κ2) is 2.87. The zero-order chi connectivity index (χ0) is 9.42. The van der Waals surface area contributed by atoms with Gasteiger partial charge in [0.15, 0.2) is 5.69 Å². The summed E-state index contributed by atoms with van der Waals surface area (Å²) in [5.74, 6) is -0.404. The van der Waals surface area contributed by atoms with Gasteiger partial charge in [-0.15, -0.1) is 0 Å². The van der Waals surface area contributed by atoms with Crippen molar-refractivity contribution >= 4 is 5.91 Å². The summed E-state index contributed by atoms with van der Waals surface area (Å²) in [6, 6.07) is 0. The molecule has 1 aliphatic rings. The largest absolute Gasteiger partial charge is 0.364 e. The Kier molecular flexibility index (Phi) is 1.83. The summed E-state index contributed by atoms with van der Waals surface area (Å²) in [7, 11) is 1.87. The van der Waals surface area contributed by atoms with Crippen LogP contribution < -0.4 is 5.73 Å². The van der Waals surface area contributed by atoms with Gasteiger partial charge < -0.3 is 5.73 Å². The third-order valence-electron chi connectivity index (χ3n) is 2.60. The van der Waals surface area contributed by atoms with Crippen molar-refractivity contribution in [2.75, 3.05) is 0 Å². The molecule has 1 aromatic heterocycles. The van der Waals surface area contributed by atoms with Gasteiger partial charge in [-0.3, -0.25) is 9.48 Å². The minimum atomic E-state index is -0.404. The molecule has 1 amide bonds. The smallest absolute Gasteiger partial charge is 0.269 e. The van der Waals surface area contributed by atoms with Crippen molar-refractivity contribution in [3.05, 3.63) is 17.0 Å².